The molecular formula is C16H23FN2. The molecule has 0 radical (unpaired) electrons. The van der Waals surface area contributed by atoms with Gasteiger partial charge in [-0.25, -0.2) is 4.39 Å². The van der Waals surface area contributed by atoms with Gasteiger partial charge in [0.05, 0.1) is 0 Å². The van der Waals surface area contributed by atoms with Crippen LogP contribution < -0.4 is 5.73 Å². The van der Waals surface area contributed by atoms with Gasteiger partial charge in [0.15, 0.2) is 0 Å². The highest BCUT2D eigenvalue weighted by Crippen LogP contribution is 2.47. The highest BCUT2D eigenvalue weighted by molar-refractivity contribution is 5.17. The first-order valence-electron chi connectivity index (χ1n) is 7.32. The summed E-state index contributed by atoms with van der Waals surface area (Å²) < 4.78 is 13.6. The van der Waals surface area contributed by atoms with E-state index in [1.807, 2.05) is 12.1 Å². The van der Waals surface area contributed by atoms with Crippen LogP contribution in [0.1, 0.15) is 24.8 Å². The van der Waals surface area contributed by atoms with E-state index in [2.05, 4.69) is 11.9 Å². The summed E-state index contributed by atoms with van der Waals surface area (Å²) in [6.07, 6.45) is 3.98. The van der Waals surface area contributed by atoms with E-state index in [4.69, 9.17) is 5.73 Å². The number of benzene rings is 1. The number of rotatable bonds is 4. The first kappa shape index (κ1) is 13.1. The molecule has 0 saturated heterocycles. The second kappa shape index (κ2) is 5.22. The second-order valence-corrected chi connectivity index (χ2v) is 6.36. The van der Waals surface area contributed by atoms with Gasteiger partial charge in [-0.15, -0.1) is 0 Å². The summed E-state index contributed by atoms with van der Waals surface area (Å²) in [6.45, 7) is 1.67. The van der Waals surface area contributed by atoms with Crippen LogP contribution in [0.4, 0.5) is 4.39 Å². The number of halogens is 1. The van der Waals surface area contributed by atoms with Gasteiger partial charge in [0.1, 0.15) is 5.82 Å². The first-order chi connectivity index (χ1) is 9.15. The highest BCUT2D eigenvalue weighted by Gasteiger charge is 2.45. The quantitative estimate of drug-likeness (QED) is 0.904. The Hall–Kier alpha value is -0.930. The van der Waals surface area contributed by atoms with Crippen LogP contribution >= 0.6 is 0 Å². The SMILES string of the molecule is CN(Cc1ccccc1F)CC1C2CCC(C2)C1N. The van der Waals surface area contributed by atoms with E-state index < -0.39 is 0 Å². The molecule has 0 heterocycles. The Morgan fingerprint density at radius 3 is 2.68 bits per heavy atom. The van der Waals surface area contributed by atoms with Gasteiger partial charge in [-0.1, -0.05) is 18.2 Å². The molecule has 2 nitrogen and oxygen atoms in total. The summed E-state index contributed by atoms with van der Waals surface area (Å²) in [5, 5.41) is 0. The van der Waals surface area contributed by atoms with E-state index in [9.17, 15) is 4.39 Å². The molecule has 1 aromatic rings. The summed E-state index contributed by atoms with van der Waals surface area (Å²) in [7, 11) is 2.07. The molecule has 2 saturated carbocycles. The molecule has 3 rings (SSSR count). The third-order valence-corrected chi connectivity index (χ3v) is 5.08. The van der Waals surface area contributed by atoms with Gasteiger partial charge < -0.3 is 10.6 Å². The summed E-state index contributed by atoms with van der Waals surface area (Å²) in [6, 6.07) is 7.40. The molecule has 4 unspecified atom stereocenters. The van der Waals surface area contributed by atoms with Crippen molar-refractivity contribution in [3.8, 4) is 0 Å². The molecule has 2 aliphatic rings. The maximum atomic E-state index is 13.6. The molecule has 0 amide bonds. The minimum Gasteiger partial charge on any atom is -0.327 e. The molecule has 104 valence electrons. The minimum absolute atomic E-state index is 0.105. The molecular weight excluding hydrogens is 239 g/mol. The fourth-order valence-electron chi connectivity index (χ4n) is 4.07. The lowest BCUT2D eigenvalue weighted by Gasteiger charge is -2.31. The summed E-state index contributed by atoms with van der Waals surface area (Å²) in [4.78, 5) is 2.23. The maximum Gasteiger partial charge on any atom is 0.127 e. The van der Waals surface area contributed by atoms with Crippen LogP contribution in [-0.4, -0.2) is 24.5 Å². The van der Waals surface area contributed by atoms with E-state index in [1.165, 1.54) is 25.3 Å². The van der Waals surface area contributed by atoms with Crippen molar-refractivity contribution >= 4 is 0 Å². The average Bonchev–Trinajstić information content (AvgIpc) is 2.96. The normalized spacial score (nSPS) is 33.3. The third kappa shape index (κ3) is 2.54. The van der Waals surface area contributed by atoms with Gasteiger partial charge in [0.25, 0.3) is 0 Å². The van der Waals surface area contributed by atoms with Gasteiger partial charge in [0.2, 0.25) is 0 Å². The Labute approximate surface area is 114 Å². The van der Waals surface area contributed by atoms with Crippen LogP contribution in [0.15, 0.2) is 24.3 Å². The zero-order chi connectivity index (χ0) is 13.4. The van der Waals surface area contributed by atoms with E-state index in [0.29, 0.717) is 18.5 Å². The monoisotopic (exact) mass is 262 g/mol. The van der Waals surface area contributed by atoms with E-state index in [0.717, 1.165) is 23.9 Å². The van der Waals surface area contributed by atoms with Crippen molar-refractivity contribution in [2.45, 2.75) is 31.8 Å². The van der Waals surface area contributed by atoms with Crippen molar-refractivity contribution in [3.05, 3.63) is 35.6 Å². The Morgan fingerprint density at radius 2 is 2.00 bits per heavy atom. The molecule has 0 aromatic heterocycles. The fourth-order valence-corrected chi connectivity index (χ4v) is 4.07. The predicted molar refractivity (Wildman–Crippen MR) is 75.0 cm³/mol. The Balaban J connectivity index is 1.60. The molecule has 1 aromatic carbocycles. The lowest BCUT2D eigenvalue weighted by atomic mass is 9.84. The molecule has 2 aliphatic carbocycles. The predicted octanol–water partition coefficient (Wildman–Crippen LogP) is 2.63. The molecule has 2 N–H and O–H groups in total. The van der Waals surface area contributed by atoms with Crippen molar-refractivity contribution < 1.29 is 4.39 Å². The number of fused-ring (bicyclic) bond motifs is 2. The molecule has 4 atom stereocenters. The molecule has 19 heavy (non-hydrogen) atoms. The Bertz CT molecular complexity index is 446. The van der Waals surface area contributed by atoms with Gasteiger partial charge in [-0.05, 0) is 50.1 Å². The highest BCUT2D eigenvalue weighted by atomic mass is 19.1. The van der Waals surface area contributed by atoms with Gasteiger partial charge in [0, 0.05) is 24.7 Å². The lowest BCUT2D eigenvalue weighted by Crippen LogP contribution is -2.41. The summed E-state index contributed by atoms with van der Waals surface area (Å²) >= 11 is 0. The zero-order valence-electron chi connectivity index (χ0n) is 11.6. The minimum atomic E-state index is -0.105. The average molecular weight is 262 g/mol. The van der Waals surface area contributed by atoms with Crippen molar-refractivity contribution in [2.75, 3.05) is 13.6 Å². The number of nitrogens with two attached hydrogens (primary N) is 1. The molecule has 0 spiro atoms. The number of hydrogen-bond acceptors (Lipinski definition) is 2. The van der Waals surface area contributed by atoms with Gasteiger partial charge >= 0.3 is 0 Å². The fraction of sp³-hybridized carbons (Fsp3) is 0.625. The smallest absolute Gasteiger partial charge is 0.127 e. The maximum absolute atomic E-state index is 13.6. The second-order valence-electron chi connectivity index (χ2n) is 6.36. The van der Waals surface area contributed by atoms with E-state index in [1.54, 1.807) is 6.07 Å². The molecule has 2 bridgehead atoms. The van der Waals surface area contributed by atoms with Crippen molar-refractivity contribution in [2.24, 2.45) is 23.5 Å². The van der Waals surface area contributed by atoms with Gasteiger partial charge in [-0.3, -0.25) is 0 Å². The van der Waals surface area contributed by atoms with Crippen molar-refractivity contribution in [1.29, 1.82) is 0 Å². The van der Waals surface area contributed by atoms with Crippen LogP contribution in [0, 0.1) is 23.6 Å². The Kier molecular flexibility index (Phi) is 3.59. The summed E-state index contributed by atoms with van der Waals surface area (Å²) in [5.74, 6) is 2.06. The van der Waals surface area contributed by atoms with Crippen LogP contribution in [0.2, 0.25) is 0 Å². The van der Waals surface area contributed by atoms with Crippen LogP contribution in [0.5, 0.6) is 0 Å². The van der Waals surface area contributed by atoms with E-state index in [-0.39, 0.29) is 5.82 Å². The zero-order valence-corrected chi connectivity index (χ0v) is 11.6. The largest absolute Gasteiger partial charge is 0.327 e. The molecule has 0 aliphatic heterocycles. The van der Waals surface area contributed by atoms with E-state index >= 15 is 0 Å². The number of hydrogen-bond donors (Lipinski definition) is 1. The molecule has 3 heteroatoms. The number of nitrogens with zero attached hydrogens (tertiary/aromatic N) is 1. The first-order valence-corrected chi connectivity index (χ1v) is 7.32. The van der Waals surface area contributed by atoms with Crippen molar-refractivity contribution in [3.63, 3.8) is 0 Å². The topological polar surface area (TPSA) is 29.3 Å². The standard InChI is InChI=1S/C16H23FN2/c1-19(9-13-4-2-3-5-15(13)17)10-14-11-6-7-12(8-11)16(14)18/h2-5,11-12,14,16H,6-10,18H2,1H3. The van der Waals surface area contributed by atoms with Gasteiger partial charge in [-0.2, -0.15) is 0 Å². The lowest BCUT2D eigenvalue weighted by molar-refractivity contribution is 0.193. The van der Waals surface area contributed by atoms with Crippen molar-refractivity contribution in [1.82, 2.24) is 4.90 Å². The van der Waals surface area contributed by atoms with Crippen LogP contribution in [-0.2, 0) is 6.54 Å². The Morgan fingerprint density at radius 1 is 1.26 bits per heavy atom. The third-order valence-electron chi connectivity index (χ3n) is 5.08. The molecule has 2 fully saturated rings. The van der Waals surface area contributed by atoms with Crippen LogP contribution in [0.25, 0.3) is 0 Å². The summed E-state index contributed by atoms with van der Waals surface area (Å²) in [5.41, 5.74) is 7.11. The van der Waals surface area contributed by atoms with Crippen LogP contribution in [0.3, 0.4) is 0 Å².